The van der Waals surface area contributed by atoms with Gasteiger partial charge in [0.05, 0.1) is 7.11 Å². The number of ether oxygens (including phenoxy) is 1. The number of nitrogens with one attached hydrogen (secondary N) is 1. The van der Waals surface area contributed by atoms with Crippen molar-refractivity contribution in [3.63, 3.8) is 0 Å². The Balaban J connectivity index is 1.86. The summed E-state index contributed by atoms with van der Waals surface area (Å²) < 4.78 is 7.17. The Morgan fingerprint density at radius 1 is 1.04 bits per heavy atom. The number of amides is 1. The van der Waals surface area contributed by atoms with Crippen molar-refractivity contribution >= 4 is 11.6 Å². The number of carbonyl (C=O) groups excluding carboxylic acids is 1. The smallest absolute Gasteiger partial charge is 0.255 e. The first-order chi connectivity index (χ1) is 11.2. The van der Waals surface area contributed by atoms with Gasteiger partial charge in [-0.15, -0.1) is 0 Å². The van der Waals surface area contributed by atoms with Gasteiger partial charge >= 0.3 is 0 Å². The molecule has 0 aliphatic rings. The first-order valence-electron chi connectivity index (χ1n) is 7.37. The van der Waals surface area contributed by atoms with E-state index in [2.05, 4.69) is 5.32 Å². The third kappa shape index (κ3) is 3.26. The van der Waals surface area contributed by atoms with E-state index >= 15 is 0 Å². The lowest BCUT2D eigenvalue weighted by Crippen LogP contribution is -2.12. The molecule has 0 spiro atoms. The number of anilines is 1. The predicted octanol–water partition coefficient (Wildman–Crippen LogP) is 4.05. The molecule has 3 aromatic rings. The van der Waals surface area contributed by atoms with Crippen molar-refractivity contribution in [2.24, 2.45) is 0 Å². The molecule has 2 aromatic carbocycles. The molecule has 0 unspecified atom stereocenters. The molecule has 1 amide bonds. The van der Waals surface area contributed by atoms with Crippen LogP contribution in [-0.4, -0.2) is 17.6 Å². The highest BCUT2D eigenvalue weighted by molar-refractivity contribution is 6.04. The van der Waals surface area contributed by atoms with Crippen molar-refractivity contribution in [2.45, 2.75) is 6.92 Å². The second kappa shape index (κ2) is 6.40. The topological polar surface area (TPSA) is 43.3 Å². The average Bonchev–Trinajstić information content (AvgIpc) is 3.09. The average molecular weight is 306 g/mol. The molecule has 116 valence electrons. The molecule has 3 rings (SSSR count). The third-order valence-corrected chi connectivity index (χ3v) is 3.68. The van der Waals surface area contributed by atoms with E-state index < -0.39 is 0 Å². The zero-order valence-electron chi connectivity index (χ0n) is 13.1. The molecule has 0 aliphatic carbocycles. The second-order valence-electron chi connectivity index (χ2n) is 5.28. The summed E-state index contributed by atoms with van der Waals surface area (Å²) in [5.74, 6) is 0.561. The van der Waals surface area contributed by atoms with Crippen molar-refractivity contribution in [1.29, 1.82) is 0 Å². The summed E-state index contributed by atoms with van der Waals surface area (Å²) >= 11 is 0. The number of nitrogens with zero attached hydrogens (tertiary/aromatic N) is 1. The molecule has 0 atom stereocenters. The highest BCUT2D eigenvalue weighted by Crippen LogP contribution is 2.20. The van der Waals surface area contributed by atoms with Gasteiger partial charge in [0.1, 0.15) is 5.75 Å². The summed E-state index contributed by atoms with van der Waals surface area (Å²) in [7, 11) is 1.60. The molecule has 4 heteroatoms. The Bertz CT molecular complexity index is 823. The van der Waals surface area contributed by atoms with Crippen LogP contribution in [0.15, 0.2) is 67.0 Å². The molecular formula is C19H18N2O2. The SMILES string of the molecule is COc1cccc(NC(=O)c2ccc(C)c(-n3cccc3)c2)c1. The molecule has 1 N–H and O–H groups in total. The van der Waals surface area contributed by atoms with Gasteiger partial charge in [-0.3, -0.25) is 4.79 Å². The minimum Gasteiger partial charge on any atom is -0.497 e. The van der Waals surface area contributed by atoms with Crippen molar-refractivity contribution in [3.8, 4) is 11.4 Å². The molecule has 0 radical (unpaired) electrons. The number of hydrogen-bond acceptors (Lipinski definition) is 2. The quantitative estimate of drug-likeness (QED) is 0.790. The minimum absolute atomic E-state index is 0.147. The van der Waals surface area contributed by atoms with Crippen LogP contribution in [0.2, 0.25) is 0 Å². The van der Waals surface area contributed by atoms with Crippen LogP contribution >= 0.6 is 0 Å². The number of aromatic nitrogens is 1. The molecule has 0 fully saturated rings. The van der Waals surface area contributed by atoms with Crippen LogP contribution in [0.3, 0.4) is 0 Å². The lowest BCUT2D eigenvalue weighted by atomic mass is 10.1. The van der Waals surface area contributed by atoms with E-state index in [0.29, 0.717) is 17.0 Å². The second-order valence-corrected chi connectivity index (χ2v) is 5.28. The normalized spacial score (nSPS) is 10.3. The monoisotopic (exact) mass is 306 g/mol. The molecule has 0 bridgehead atoms. The van der Waals surface area contributed by atoms with Gasteiger partial charge < -0.3 is 14.6 Å². The number of aryl methyl sites for hydroxylation is 1. The lowest BCUT2D eigenvalue weighted by Gasteiger charge is -2.11. The number of carbonyl (C=O) groups is 1. The Hall–Kier alpha value is -3.01. The molecule has 0 saturated carbocycles. The fourth-order valence-corrected chi connectivity index (χ4v) is 2.43. The highest BCUT2D eigenvalue weighted by atomic mass is 16.5. The maximum atomic E-state index is 12.5. The highest BCUT2D eigenvalue weighted by Gasteiger charge is 2.10. The van der Waals surface area contributed by atoms with Crippen molar-refractivity contribution in [3.05, 3.63) is 78.1 Å². The van der Waals surface area contributed by atoms with E-state index in [0.717, 1.165) is 11.3 Å². The third-order valence-electron chi connectivity index (χ3n) is 3.68. The fourth-order valence-electron chi connectivity index (χ4n) is 2.43. The van der Waals surface area contributed by atoms with Crippen LogP contribution in [0.1, 0.15) is 15.9 Å². The van der Waals surface area contributed by atoms with E-state index in [-0.39, 0.29) is 5.91 Å². The Labute approximate surface area is 135 Å². The summed E-state index contributed by atoms with van der Waals surface area (Å²) in [6.45, 7) is 2.03. The van der Waals surface area contributed by atoms with Crippen LogP contribution in [-0.2, 0) is 0 Å². The predicted molar refractivity (Wildman–Crippen MR) is 91.5 cm³/mol. The Morgan fingerprint density at radius 3 is 2.57 bits per heavy atom. The zero-order chi connectivity index (χ0) is 16.2. The summed E-state index contributed by atoms with van der Waals surface area (Å²) in [6.07, 6.45) is 3.93. The maximum Gasteiger partial charge on any atom is 0.255 e. The number of rotatable bonds is 4. The number of methoxy groups -OCH3 is 1. The Morgan fingerprint density at radius 2 is 1.83 bits per heavy atom. The van der Waals surface area contributed by atoms with E-state index in [1.54, 1.807) is 13.2 Å². The van der Waals surface area contributed by atoms with Crippen LogP contribution in [0, 0.1) is 6.92 Å². The van der Waals surface area contributed by atoms with E-state index in [4.69, 9.17) is 4.74 Å². The summed E-state index contributed by atoms with van der Waals surface area (Å²) in [4.78, 5) is 12.5. The first kappa shape index (κ1) is 14.9. The molecule has 1 heterocycles. The number of hydrogen-bond donors (Lipinski definition) is 1. The van der Waals surface area contributed by atoms with E-state index in [9.17, 15) is 4.79 Å². The van der Waals surface area contributed by atoms with Crippen molar-refractivity contribution in [2.75, 3.05) is 12.4 Å². The first-order valence-corrected chi connectivity index (χ1v) is 7.37. The molecule has 23 heavy (non-hydrogen) atoms. The maximum absolute atomic E-state index is 12.5. The van der Waals surface area contributed by atoms with Gasteiger partial charge in [-0.25, -0.2) is 0 Å². The van der Waals surface area contributed by atoms with Gasteiger partial charge in [-0.05, 0) is 48.9 Å². The van der Waals surface area contributed by atoms with Crippen LogP contribution < -0.4 is 10.1 Å². The molecular weight excluding hydrogens is 288 g/mol. The molecule has 4 nitrogen and oxygen atoms in total. The van der Waals surface area contributed by atoms with E-state index in [1.165, 1.54) is 0 Å². The largest absolute Gasteiger partial charge is 0.497 e. The Kier molecular flexibility index (Phi) is 4.15. The summed E-state index contributed by atoms with van der Waals surface area (Å²) in [6, 6.07) is 16.9. The van der Waals surface area contributed by atoms with Crippen LogP contribution in [0.4, 0.5) is 5.69 Å². The lowest BCUT2D eigenvalue weighted by molar-refractivity contribution is 0.102. The van der Waals surface area contributed by atoms with Gasteiger partial charge in [0.15, 0.2) is 0 Å². The summed E-state index contributed by atoms with van der Waals surface area (Å²) in [5, 5.41) is 2.90. The van der Waals surface area contributed by atoms with Gasteiger partial charge in [0, 0.05) is 35.4 Å². The van der Waals surface area contributed by atoms with Crippen molar-refractivity contribution in [1.82, 2.24) is 4.57 Å². The van der Waals surface area contributed by atoms with Gasteiger partial charge in [-0.2, -0.15) is 0 Å². The zero-order valence-corrected chi connectivity index (χ0v) is 13.1. The molecule has 0 saturated heterocycles. The summed E-state index contributed by atoms with van der Waals surface area (Å²) in [5.41, 5.74) is 3.42. The minimum atomic E-state index is -0.147. The molecule has 1 aromatic heterocycles. The van der Waals surface area contributed by atoms with Gasteiger partial charge in [0.25, 0.3) is 5.91 Å². The molecule has 0 aliphatic heterocycles. The van der Waals surface area contributed by atoms with Crippen LogP contribution in [0.5, 0.6) is 5.75 Å². The fraction of sp³-hybridized carbons (Fsp3) is 0.105. The number of benzene rings is 2. The standard InChI is InChI=1S/C19H18N2O2/c1-14-8-9-15(12-18(14)21-10-3-4-11-21)19(22)20-16-6-5-7-17(13-16)23-2/h3-13H,1-2H3,(H,20,22). The van der Waals surface area contributed by atoms with Gasteiger partial charge in [-0.1, -0.05) is 12.1 Å². The van der Waals surface area contributed by atoms with Crippen LogP contribution in [0.25, 0.3) is 5.69 Å². The van der Waals surface area contributed by atoms with Gasteiger partial charge in [0.2, 0.25) is 0 Å². The van der Waals surface area contributed by atoms with Crippen molar-refractivity contribution < 1.29 is 9.53 Å². The van der Waals surface area contributed by atoms with E-state index in [1.807, 2.05) is 72.4 Å².